The summed E-state index contributed by atoms with van der Waals surface area (Å²) in [6.07, 6.45) is -1.53. The van der Waals surface area contributed by atoms with Crippen LogP contribution in [0.1, 0.15) is 33.6 Å². The molecular weight excluding hydrogens is 260 g/mol. The predicted molar refractivity (Wildman–Crippen MR) is 61.0 cm³/mol. The molecule has 7 heteroatoms. The van der Waals surface area contributed by atoms with E-state index >= 15 is 0 Å². The molecule has 0 radical (unpaired) electrons. The minimum Gasteiger partial charge on any atom is -0.480 e. The number of amides is 1. The molecule has 1 aliphatic heterocycles. The SMILES string of the molecule is CC(C)(C)OC(=O)N1[C@H](C(=O)O)C[C@H]2[C@@H]1CC2(F)F. The first-order valence-electron chi connectivity index (χ1n) is 6.15. The molecule has 108 valence electrons. The summed E-state index contributed by atoms with van der Waals surface area (Å²) in [6, 6.07) is -1.95. The molecule has 2 fully saturated rings. The summed E-state index contributed by atoms with van der Waals surface area (Å²) in [5, 5.41) is 9.07. The minimum absolute atomic E-state index is 0.216. The molecule has 1 heterocycles. The molecule has 1 saturated carbocycles. The third kappa shape index (κ3) is 2.37. The number of carboxylic acid groups (broad SMARTS) is 1. The second-order valence-electron chi connectivity index (χ2n) is 6.12. The van der Waals surface area contributed by atoms with E-state index in [2.05, 4.69) is 0 Å². The molecule has 1 N–H and O–H groups in total. The van der Waals surface area contributed by atoms with E-state index in [9.17, 15) is 18.4 Å². The summed E-state index contributed by atoms with van der Waals surface area (Å²) in [5.74, 6) is -5.22. The number of aliphatic carboxylic acids is 1. The number of halogens is 2. The van der Waals surface area contributed by atoms with Crippen molar-refractivity contribution in [1.29, 1.82) is 0 Å². The smallest absolute Gasteiger partial charge is 0.411 e. The third-order valence-corrected chi connectivity index (χ3v) is 3.55. The second-order valence-corrected chi connectivity index (χ2v) is 6.12. The predicted octanol–water partition coefficient (Wildman–Crippen LogP) is 2.10. The van der Waals surface area contributed by atoms with Crippen LogP contribution in [0.15, 0.2) is 0 Å². The summed E-state index contributed by atoms with van der Waals surface area (Å²) >= 11 is 0. The zero-order valence-electron chi connectivity index (χ0n) is 11.0. The maximum Gasteiger partial charge on any atom is 0.411 e. The van der Waals surface area contributed by atoms with Crippen LogP contribution in [0.25, 0.3) is 0 Å². The first-order valence-corrected chi connectivity index (χ1v) is 6.15. The standard InChI is InChI=1S/C12H17F2NO4/c1-11(2,3)19-10(18)15-7(9(16)17)4-6-8(15)5-12(6,13)14/h6-8H,4-5H2,1-3H3,(H,16,17)/t6-,7-,8-/m0/s1. The number of fused-ring (bicyclic) bond motifs is 1. The average molecular weight is 277 g/mol. The molecule has 1 aliphatic carbocycles. The lowest BCUT2D eigenvalue weighted by atomic mass is 9.76. The van der Waals surface area contributed by atoms with Crippen molar-refractivity contribution in [3.05, 3.63) is 0 Å². The van der Waals surface area contributed by atoms with E-state index < -0.39 is 48.0 Å². The van der Waals surface area contributed by atoms with Crippen molar-refractivity contribution >= 4 is 12.1 Å². The molecule has 5 nitrogen and oxygen atoms in total. The number of carboxylic acids is 1. The molecular formula is C12H17F2NO4. The molecule has 1 amide bonds. The van der Waals surface area contributed by atoms with Gasteiger partial charge >= 0.3 is 12.1 Å². The van der Waals surface area contributed by atoms with Gasteiger partial charge in [0.1, 0.15) is 11.6 Å². The summed E-state index contributed by atoms with van der Waals surface area (Å²) in [4.78, 5) is 24.1. The van der Waals surface area contributed by atoms with Gasteiger partial charge in [-0.25, -0.2) is 18.4 Å². The van der Waals surface area contributed by atoms with E-state index in [1.165, 1.54) is 0 Å². The number of carbonyl (C=O) groups is 2. The van der Waals surface area contributed by atoms with Crippen LogP contribution < -0.4 is 0 Å². The maximum atomic E-state index is 13.3. The number of rotatable bonds is 1. The van der Waals surface area contributed by atoms with E-state index in [0.29, 0.717) is 0 Å². The monoisotopic (exact) mass is 277 g/mol. The average Bonchev–Trinajstić information content (AvgIpc) is 2.50. The van der Waals surface area contributed by atoms with Crippen molar-refractivity contribution in [1.82, 2.24) is 4.90 Å². The summed E-state index contributed by atoms with van der Waals surface area (Å²) in [7, 11) is 0. The molecule has 2 aliphatic rings. The van der Waals surface area contributed by atoms with Gasteiger partial charge in [-0.2, -0.15) is 0 Å². The molecule has 3 atom stereocenters. The molecule has 0 aromatic rings. The van der Waals surface area contributed by atoms with E-state index in [4.69, 9.17) is 9.84 Å². The lowest BCUT2D eigenvalue weighted by Crippen LogP contribution is -2.57. The van der Waals surface area contributed by atoms with Crippen LogP contribution in [-0.4, -0.2) is 45.7 Å². The second kappa shape index (κ2) is 4.05. The van der Waals surface area contributed by atoms with Gasteiger partial charge in [0.2, 0.25) is 0 Å². The topological polar surface area (TPSA) is 66.8 Å². The number of hydrogen-bond acceptors (Lipinski definition) is 3. The van der Waals surface area contributed by atoms with E-state index in [1.54, 1.807) is 20.8 Å². The molecule has 0 aromatic heterocycles. The fourth-order valence-corrected chi connectivity index (χ4v) is 2.70. The molecule has 1 saturated heterocycles. The van der Waals surface area contributed by atoms with Gasteiger partial charge in [0.05, 0.1) is 6.04 Å². The number of carbonyl (C=O) groups excluding carboxylic acids is 1. The first-order chi connectivity index (χ1) is 8.53. The fraction of sp³-hybridized carbons (Fsp3) is 0.833. The van der Waals surface area contributed by atoms with Gasteiger partial charge in [0.25, 0.3) is 5.92 Å². The molecule has 2 rings (SSSR count). The number of alkyl halides is 2. The van der Waals surface area contributed by atoms with Gasteiger partial charge < -0.3 is 9.84 Å². The lowest BCUT2D eigenvalue weighted by molar-refractivity contribution is -0.157. The van der Waals surface area contributed by atoms with Crippen molar-refractivity contribution in [3.8, 4) is 0 Å². The normalized spacial score (nSPS) is 32.5. The van der Waals surface area contributed by atoms with Gasteiger partial charge in [-0.05, 0) is 27.2 Å². The van der Waals surface area contributed by atoms with E-state index in [0.717, 1.165) is 4.90 Å². The van der Waals surface area contributed by atoms with Crippen LogP contribution in [0.5, 0.6) is 0 Å². The highest BCUT2D eigenvalue weighted by molar-refractivity contribution is 5.81. The van der Waals surface area contributed by atoms with Gasteiger partial charge in [0.15, 0.2) is 0 Å². The largest absolute Gasteiger partial charge is 0.480 e. The molecule has 0 aromatic carbocycles. The van der Waals surface area contributed by atoms with Gasteiger partial charge in [-0.15, -0.1) is 0 Å². The number of ether oxygens (including phenoxy) is 1. The van der Waals surface area contributed by atoms with Crippen LogP contribution in [-0.2, 0) is 9.53 Å². The lowest BCUT2D eigenvalue weighted by Gasteiger charge is -2.43. The Balaban J connectivity index is 2.18. The Morgan fingerprint density at radius 3 is 2.37 bits per heavy atom. The third-order valence-electron chi connectivity index (χ3n) is 3.55. The molecule has 0 unspecified atom stereocenters. The Hall–Kier alpha value is -1.40. The van der Waals surface area contributed by atoms with Crippen LogP contribution in [0.3, 0.4) is 0 Å². The molecule has 0 spiro atoms. The van der Waals surface area contributed by atoms with Crippen molar-refractivity contribution < 1.29 is 28.2 Å². The van der Waals surface area contributed by atoms with Crippen LogP contribution in [0.4, 0.5) is 13.6 Å². The van der Waals surface area contributed by atoms with E-state index in [-0.39, 0.29) is 6.42 Å². The van der Waals surface area contributed by atoms with Gasteiger partial charge in [0, 0.05) is 12.3 Å². The zero-order chi connectivity index (χ0) is 14.6. The van der Waals surface area contributed by atoms with Crippen molar-refractivity contribution in [2.75, 3.05) is 0 Å². The Kier molecular flexibility index (Phi) is 2.98. The maximum absolute atomic E-state index is 13.3. The van der Waals surface area contributed by atoms with Crippen LogP contribution in [0, 0.1) is 5.92 Å². The first kappa shape index (κ1) is 14.0. The van der Waals surface area contributed by atoms with Crippen molar-refractivity contribution in [2.24, 2.45) is 5.92 Å². The number of nitrogens with zero attached hydrogens (tertiary/aromatic N) is 1. The molecule has 19 heavy (non-hydrogen) atoms. The van der Waals surface area contributed by atoms with Gasteiger partial charge in [-0.3, -0.25) is 4.90 Å². The number of hydrogen-bond donors (Lipinski definition) is 1. The highest BCUT2D eigenvalue weighted by atomic mass is 19.3. The Bertz CT molecular complexity index is 418. The van der Waals surface area contributed by atoms with E-state index in [1.807, 2.05) is 0 Å². The zero-order valence-corrected chi connectivity index (χ0v) is 11.0. The summed E-state index contributed by atoms with van der Waals surface area (Å²) in [5.41, 5.74) is -0.787. The Labute approximate surface area is 109 Å². The van der Waals surface area contributed by atoms with Crippen LogP contribution in [0.2, 0.25) is 0 Å². The Morgan fingerprint density at radius 2 is 1.95 bits per heavy atom. The van der Waals surface area contributed by atoms with Crippen LogP contribution >= 0.6 is 0 Å². The molecule has 0 bridgehead atoms. The summed E-state index contributed by atoms with van der Waals surface area (Å²) < 4.78 is 31.8. The number of likely N-dealkylation sites (tertiary alicyclic amines) is 1. The quantitative estimate of drug-likeness (QED) is 0.797. The van der Waals surface area contributed by atoms with Crippen molar-refractivity contribution in [3.63, 3.8) is 0 Å². The Morgan fingerprint density at radius 1 is 1.37 bits per heavy atom. The highest BCUT2D eigenvalue weighted by Gasteiger charge is 2.66. The van der Waals surface area contributed by atoms with Gasteiger partial charge in [-0.1, -0.05) is 0 Å². The minimum atomic E-state index is -2.88. The highest BCUT2D eigenvalue weighted by Crippen LogP contribution is 2.54. The summed E-state index contributed by atoms with van der Waals surface area (Å²) in [6.45, 7) is 4.93. The van der Waals surface area contributed by atoms with Crippen molar-refractivity contribution in [2.45, 2.75) is 57.2 Å². The fourth-order valence-electron chi connectivity index (χ4n) is 2.70.